The third-order valence-corrected chi connectivity index (χ3v) is 6.15. The summed E-state index contributed by atoms with van der Waals surface area (Å²) >= 11 is 0. The molecule has 29 heavy (non-hydrogen) atoms. The number of rotatable bonds is 4. The summed E-state index contributed by atoms with van der Waals surface area (Å²) in [6.45, 7) is 3.20. The lowest BCUT2D eigenvalue weighted by Crippen LogP contribution is -2.41. The Balaban J connectivity index is 1.40. The van der Waals surface area contributed by atoms with Gasteiger partial charge in [0.05, 0.1) is 6.04 Å². The van der Waals surface area contributed by atoms with E-state index in [1.807, 2.05) is 35.2 Å². The van der Waals surface area contributed by atoms with Crippen molar-refractivity contribution in [1.82, 2.24) is 15.2 Å². The molecule has 2 amide bonds. The van der Waals surface area contributed by atoms with Crippen LogP contribution in [-0.2, 0) is 4.79 Å². The summed E-state index contributed by atoms with van der Waals surface area (Å²) in [5.41, 5.74) is 3.94. The predicted octanol–water partition coefficient (Wildman–Crippen LogP) is 3.61. The SMILES string of the molecule is Cc1ccc([C@@H]2CN(C(=O)c3cc4ccccc4[nH]3)C[C@H]2NC(=O)C2CC2)cc1. The Kier molecular flexibility index (Phi) is 4.38. The van der Waals surface area contributed by atoms with Gasteiger partial charge in [0.15, 0.2) is 0 Å². The molecule has 2 atom stereocenters. The molecule has 5 heteroatoms. The van der Waals surface area contributed by atoms with Gasteiger partial charge in [-0.05, 0) is 37.5 Å². The van der Waals surface area contributed by atoms with Gasteiger partial charge < -0.3 is 15.2 Å². The van der Waals surface area contributed by atoms with E-state index in [9.17, 15) is 9.59 Å². The highest BCUT2D eigenvalue weighted by Crippen LogP contribution is 2.33. The average Bonchev–Trinajstić information content (AvgIpc) is 3.36. The Morgan fingerprint density at radius 1 is 1.03 bits per heavy atom. The standard InChI is InChI=1S/C24H25N3O2/c1-15-6-8-16(9-7-15)19-13-27(14-22(19)26-23(28)17-10-11-17)24(29)21-12-18-4-2-3-5-20(18)25-21/h2-9,12,17,19,22,25H,10-11,13-14H2,1H3,(H,26,28)/t19-,22+/m0/s1. The lowest BCUT2D eigenvalue weighted by atomic mass is 9.93. The first-order valence-corrected chi connectivity index (χ1v) is 10.3. The Bertz CT molecular complexity index is 1030. The number of amides is 2. The second-order valence-corrected chi connectivity index (χ2v) is 8.39. The fourth-order valence-corrected chi connectivity index (χ4v) is 4.27. The van der Waals surface area contributed by atoms with E-state index in [0.29, 0.717) is 18.8 Å². The molecule has 148 valence electrons. The van der Waals surface area contributed by atoms with Crippen molar-refractivity contribution in [2.24, 2.45) is 5.92 Å². The first-order chi connectivity index (χ1) is 14.1. The normalized spacial score (nSPS) is 21.5. The molecular weight excluding hydrogens is 362 g/mol. The van der Waals surface area contributed by atoms with Gasteiger partial charge in [0.25, 0.3) is 5.91 Å². The first kappa shape index (κ1) is 18.0. The largest absolute Gasteiger partial charge is 0.351 e. The van der Waals surface area contributed by atoms with E-state index in [4.69, 9.17) is 0 Å². The topological polar surface area (TPSA) is 65.2 Å². The summed E-state index contributed by atoms with van der Waals surface area (Å²) in [6.07, 6.45) is 1.96. The molecule has 0 radical (unpaired) electrons. The van der Waals surface area contributed by atoms with Crippen molar-refractivity contribution in [1.29, 1.82) is 0 Å². The maximum atomic E-state index is 13.2. The number of aryl methyl sites for hydroxylation is 1. The Morgan fingerprint density at radius 3 is 2.52 bits per heavy atom. The fourth-order valence-electron chi connectivity index (χ4n) is 4.27. The number of hydrogen-bond donors (Lipinski definition) is 2. The number of carbonyl (C=O) groups is 2. The van der Waals surface area contributed by atoms with Gasteiger partial charge in [0, 0.05) is 35.8 Å². The second kappa shape index (κ2) is 7.07. The summed E-state index contributed by atoms with van der Waals surface area (Å²) in [5.74, 6) is 0.382. The van der Waals surface area contributed by atoms with Crippen LogP contribution in [0, 0.1) is 12.8 Å². The number of aromatic nitrogens is 1. The van der Waals surface area contributed by atoms with Crippen molar-refractivity contribution in [2.75, 3.05) is 13.1 Å². The molecule has 1 saturated carbocycles. The van der Waals surface area contributed by atoms with Gasteiger partial charge in [0.2, 0.25) is 5.91 Å². The van der Waals surface area contributed by atoms with Gasteiger partial charge in [-0.1, -0.05) is 48.0 Å². The van der Waals surface area contributed by atoms with Gasteiger partial charge in [-0.15, -0.1) is 0 Å². The summed E-state index contributed by atoms with van der Waals surface area (Å²) in [4.78, 5) is 30.8. The highest BCUT2D eigenvalue weighted by molar-refractivity contribution is 5.98. The number of nitrogens with zero attached hydrogens (tertiary/aromatic N) is 1. The molecule has 1 aliphatic heterocycles. The number of benzene rings is 2. The lowest BCUT2D eigenvalue weighted by molar-refractivity contribution is -0.123. The van der Waals surface area contributed by atoms with Crippen LogP contribution in [0.5, 0.6) is 0 Å². The number of fused-ring (bicyclic) bond motifs is 1. The molecule has 3 aromatic rings. The number of hydrogen-bond acceptors (Lipinski definition) is 2. The molecule has 0 unspecified atom stereocenters. The van der Waals surface area contributed by atoms with Crippen LogP contribution in [0.2, 0.25) is 0 Å². The van der Waals surface area contributed by atoms with Crippen LogP contribution in [0.15, 0.2) is 54.6 Å². The van der Waals surface area contributed by atoms with Crippen LogP contribution in [0.3, 0.4) is 0 Å². The minimum Gasteiger partial charge on any atom is -0.351 e. The van der Waals surface area contributed by atoms with E-state index >= 15 is 0 Å². The highest BCUT2D eigenvalue weighted by Gasteiger charge is 2.40. The molecule has 5 rings (SSSR count). The summed E-state index contributed by atoms with van der Waals surface area (Å²) in [7, 11) is 0. The maximum absolute atomic E-state index is 13.2. The number of para-hydroxylation sites is 1. The Hall–Kier alpha value is -3.08. The zero-order valence-electron chi connectivity index (χ0n) is 16.5. The molecule has 2 aliphatic rings. The Morgan fingerprint density at radius 2 is 1.79 bits per heavy atom. The van der Waals surface area contributed by atoms with E-state index in [1.165, 1.54) is 11.1 Å². The van der Waals surface area contributed by atoms with Gasteiger partial charge in [-0.3, -0.25) is 9.59 Å². The zero-order chi connectivity index (χ0) is 20.0. The molecule has 1 aromatic heterocycles. The van der Waals surface area contributed by atoms with Gasteiger partial charge in [-0.2, -0.15) is 0 Å². The molecule has 2 heterocycles. The number of carbonyl (C=O) groups excluding carboxylic acids is 2. The quantitative estimate of drug-likeness (QED) is 0.718. The van der Waals surface area contributed by atoms with Crippen LogP contribution in [0.25, 0.3) is 10.9 Å². The maximum Gasteiger partial charge on any atom is 0.270 e. The van der Waals surface area contributed by atoms with Gasteiger partial charge >= 0.3 is 0 Å². The van der Waals surface area contributed by atoms with Crippen LogP contribution >= 0.6 is 0 Å². The molecule has 2 N–H and O–H groups in total. The zero-order valence-corrected chi connectivity index (χ0v) is 16.5. The van der Waals surface area contributed by atoms with Crippen molar-refractivity contribution in [3.05, 3.63) is 71.4 Å². The van der Waals surface area contributed by atoms with Crippen LogP contribution in [0.1, 0.15) is 40.4 Å². The smallest absolute Gasteiger partial charge is 0.270 e. The van der Waals surface area contributed by atoms with Crippen molar-refractivity contribution < 1.29 is 9.59 Å². The fraction of sp³-hybridized carbons (Fsp3) is 0.333. The van der Waals surface area contributed by atoms with E-state index in [0.717, 1.165) is 23.7 Å². The van der Waals surface area contributed by atoms with Crippen LogP contribution < -0.4 is 5.32 Å². The van der Waals surface area contributed by atoms with E-state index in [-0.39, 0.29) is 29.7 Å². The van der Waals surface area contributed by atoms with Crippen molar-refractivity contribution in [3.63, 3.8) is 0 Å². The van der Waals surface area contributed by atoms with Crippen molar-refractivity contribution >= 4 is 22.7 Å². The van der Waals surface area contributed by atoms with Crippen molar-refractivity contribution in [2.45, 2.75) is 31.7 Å². The second-order valence-electron chi connectivity index (χ2n) is 8.39. The molecule has 0 spiro atoms. The predicted molar refractivity (Wildman–Crippen MR) is 113 cm³/mol. The minimum atomic E-state index is -0.0564. The van der Waals surface area contributed by atoms with E-state index in [1.54, 1.807) is 0 Å². The highest BCUT2D eigenvalue weighted by atomic mass is 16.2. The van der Waals surface area contributed by atoms with Crippen LogP contribution in [0.4, 0.5) is 0 Å². The molecule has 2 fully saturated rings. The summed E-state index contributed by atoms with van der Waals surface area (Å²) in [6, 6.07) is 18.2. The Labute approximate surface area is 170 Å². The molecule has 1 saturated heterocycles. The number of H-pyrrole nitrogens is 1. The summed E-state index contributed by atoms with van der Waals surface area (Å²) in [5, 5.41) is 4.26. The number of likely N-dealkylation sites (tertiary alicyclic amines) is 1. The monoisotopic (exact) mass is 387 g/mol. The molecule has 5 nitrogen and oxygen atoms in total. The number of nitrogens with one attached hydrogen (secondary N) is 2. The molecule has 2 aromatic carbocycles. The minimum absolute atomic E-state index is 0.0125. The number of aromatic amines is 1. The summed E-state index contributed by atoms with van der Waals surface area (Å²) < 4.78 is 0. The van der Waals surface area contributed by atoms with Crippen molar-refractivity contribution in [3.8, 4) is 0 Å². The van der Waals surface area contributed by atoms with Crippen LogP contribution in [-0.4, -0.2) is 40.8 Å². The average molecular weight is 387 g/mol. The molecule has 1 aliphatic carbocycles. The molecule has 0 bridgehead atoms. The third kappa shape index (κ3) is 3.53. The van der Waals surface area contributed by atoms with E-state index < -0.39 is 0 Å². The van der Waals surface area contributed by atoms with Gasteiger partial charge in [-0.25, -0.2) is 0 Å². The lowest BCUT2D eigenvalue weighted by Gasteiger charge is -2.20. The molecular formula is C24H25N3O2. The first-order valence-electron chi connectivity index (χ1n) is 10.3. The van der Waals surface area contributed by atoms with E-state index in [2.05, 4.69) is 41.5 Å². The third-order valence-electron chi connectivity index (χ3n) is 6.15. The van der Waals surface area contributed by atoms with Gasteiger partial charge in [0.1, 0.15) is 5.69 Å².